The monoisotopic (exact) mass is 804 g/mol. The average Bonchev–Trinajstić information content (AvgIpc) is 4.08. The normalized spacial score (nSPS) is 26.7. The van der Waals surface area contributed by atoms with Crippen LogP contribution in [-0.4, -0.2) is 94.3 Å². The van der Waals surface area contributed by atoms with E-state index in [9.17, 15) is 24.0 Å². The van der Waals surface area contributed by atoms with E-state index in [4.69, 9.17) is 4.74 Å². The van der Waals surface area contributed by atoms with Crippen LogP contribution in [0.3, 0.4) is 0 Å². The molecule has 0 unspecified atom stereocenters. The van der Waals surface area contributed by atoms with Crippen molar-refractivity contribution in [3.8, 4) is 0 Å². The fraction of sp³-hybridized carbons (Fsp3) is 0.766. The van der Waals surface area contributed by atoms with Gasteiger partial charge in [0.1, 0.15) is 18.7 Å². The van der Waals surface area contributed by atoms with Crippen LogP contribution >= 0.6 is 0 Å². The molecule has 1 aromatic rings. The molecule has 1 aromatic carbocycles. The first-order chi connectivity index (χ1) is 28.1. The molecular weight excluding hydrogens is 731 g/mol. The van der Waals surface area contributed by atoms with Gasteiger partial charge in [-0.25, -0.2) is 4.79 Å². The highest BCUT2D eigenvalue weighted by Gasteiger charge is 2.49. The van der Waals surface area contributed by atoms with Crippen molar-refractivity contribution in [1.29, 1.82) is 0 Å². The summed E-state index contributed by atoms with van der Waals surface area (Å²) in [5, 5.41) is 6.29. The van der Waals surface area contributed by atoms with Gasteiger partial charge in [0.15, 0.2) is 0 Å². The molecule has 2 N–H and O–H groups in total. The van der Waals surface area contributed by atoms with Crippen molar-refractivity contribution in [2.75, 3.05) is 19.6 Å². The van der Waals surface area contributed by atoms with Crippen LogP contribution in [0.15, 0.2) is 30.3 Å². The van der Waals surface area contributed by atoms with E-state index in [1.54, 1.807) is 4.90 Å². The maximum atomic E-state index is 13.8. The molecule has 0 aromatic heterocycles. The number of likely N-dealkylation sites (tertiary alicyclic amines) is 3. The molecule has 6 aliphatic rings. The molecule has 3 saturated carbocycles. The highest BCUT2D eigenvalue weighted by molar-refractivity contribution is 5.90. The number of carbonyl (C=O) groups excluding carboxylic acids is 5. The van der Waals surface area contributed by atoms with Crippen molar-refractivity contribution in [3.05, 3.63) is 35.9 Å². The smallest absolute Gasteiger partial charge is 0.410 e. The van der Waals surface area contributed by atoms with E-state index in [1.807, 2.05) is 62.9 Å². The summed E-state index contributed by atoms with van der Waals surface area (Å²) in [7, 11) is 0. The van der Waals surface area contributed by atoms with Crippen LogP contribution < -0.4 is 10.6 Å². The minimum absolute atomic E-state index is 0.00312. The van der Waals surface area contributed by atoms with E-state index < -0.39 is 6.04 Å². The van der Waals surface area contributed by atoms with Gasteiger partial charge in [0.2, 0.25) is 23.6 Å². The molecule has 8 atom stereocenters. The Bertz CT molecular complexity index is 1530. The number of amides is 5. The Morgan fingerprint density at radius 1 is 0.586 bits per heavy atom. The highest BCUT2D eigenvalue weighted by atomic mass is 16.6. The van der Waals surface area contributed by atoms with Crippen LogP contribution in [0.2, 0.25) is 0 Å². The molecule has 3 heterocycles. The SMILES string of the molecule is CC[C@@H](C)C(=O)N[C@H](C(=O)N1CC[C@@H]2[C@H]1CCN2C(=O)OCc1ccccc1)C1CCCCC1.CC[C@@H](C)C(=O)N[C@H](C(=O)N1CC[C@H]2CCC[C@H]21)C1CCCCC1. The Balaban J connectivity index is 0.000000208. The Morgan fingerprint density at radius 3 is 1.60 bits per heavy atom. The molecule has 58 heavy (non-hydrogen) atoms. The third kappa shape index (κ3) is 10.6. The number of hydrogen-bond donors (Lipinski definition) is 2. The molecule has 3 saturated heterocycles. The topological polar surface area (TPSA) is 128 Å². The molecule has 322 valence electrons. The lowest BCUT2D eigenvalue weighted by atomic mass is 9.83. The van der Waals surface area contributed by atoms with E-state index >= 15 is 0 Å². The quantitative estimate of drug-likeness (QED) is 0.224. The number of nitrogens with one attached hydrogen (secondary N) is 2. The lowest BCUT2D eigenvalue weighted by Crippen LogP contribution is -2.55. The fourth-order valence-electron chi connectivity index (χ4n) is 10.8. The largest absolute Gasteiger partial charge is 0.445 e. The summed E-state index contributed by atoms with van der Waals surface area (Å²) in [5.41, 5.74) is 0.960. The minimum Gasteiger partial charge on any atom is -0.445 e. The number of fused-ring (bicyclic) bond motifs is 2. The van der Waals surface area contributed by atoms with Gasteiger partial charge in [-0.2, -0.15) is 0 Å². The van der Waals surface area contributed by atoms with Crippen molar-refractivity contribution < 1.29 is 28.7 Å². The van der Waals surface area contributed by atoms with Crippen LogP contribution in [-0.2, 0) is 30.5 Å². The number of ether oxygens (including phenoxy) is 1. The van der Waals surface area contributed by atoms with Crippen LogP contribution in [0.25, 0.3) is 0 Å². The van der Waals surface area contributed by atoms with Crippen molar-refractivity contribution in [2.45, 2.75) is 180 Å². The van der Waals surface area contributed by atoms with Crippen molar-refractivity contribution >= 4 is 29.7 Å². The Morgan fingerprint density at radius 2 is 1.07 bits per heavy atom. The van der Waals surface area contributed by atoms with Gasteiger partial charge in [-0.3, -0.25) is 19.2 Å². The molecule has 6 fully saturated rings. The molecule has 11 nitrogen and oxygen atoms in total. The number of hydrogen-bond acceptors (Lipinski definition) is 6. The molecule has 5 amide bonds. The van der Waals surface area contributed by atoms with Gasteiger partial charge in [0.05, 0.1) is 12.1 Å². The summed E-state index contributed by atoms with van der Waals surface area (Å²) >= 11 is 0. The third-order valence-corrected chi connectivity index (χ3v) is 14.8. The molecule has 7 rings (SSSR count). The van der Waals surface area contributed by atoms with Crippen molar-refractivity contribution in [1.82, 2.24) is 25.3 Å². The molecule has 11 heteroatoms. The number of nitrogens with zero attached hydrogens (tertiary/aromatic N) is 3. The highest BCUT2D eigenvalue weighted by Crippen LogP contribution is 2.39. The van der Waals surface area contributed by atoms with Gasteiger partial charge in [-0.1, -0.05) is 103 Å². The summed E-state index contributed by atoms with van der Waals surface area (Å²) in [6.45, 7) is 10.3. The van der Waals surface area contributed by atoms with Gasteiger partial charge in [-0.15, -0.1) is 0 Å². The van der Waals surface area contributed by atoms with Gasteiger partial charge >= 0.3 is 6.09 Å². The second kappa shape index (κ2) is 21.1. The zero-order valence-corrected chi connectivity index (χ0v) is 36.0. The average molecular weight is 804 g/mol. The summed E-state index contributed by atoms with van der Waals surface area (Å²) in [5.74, 6) is 1.41. The van der Waals surface area contributed by atoms with Gasteiger partial charge < -0.3 is 30.1 Å². The van der Waals surface area contributed by atoms with Crippen LogP contribution in [0.5, 0.6) is 0 Å². The lowest BCUT2D eigenvalue weighted by Gasteiger charge is -2.35. The maximum Gasteiger partial charge on any atom is 0.410 e. The van der Waals surface area contributed by atoms with Gasteiger partial charge in [-0.05, 0) is 93.9 Å². The first-order valence-corrected chi connectivity index (χ1v) is 23.3. The fourth-order valence-corrected chi connectivity index (χ4v) is 10.8. The second-order valence-electron chi connectivity index (χ2n) is 18.4. The summed E-state index contributed by atoms with van der Waals surface area (Å²) < 4.78 is 5.58. The van der Waals surface area contributed by atoms with Gasteiger partial charge in [0.25, 0.3) is 0 Å². The summed E-state index contributed by atoms with van der Waals surface area (Å²) in [6.07, 6.45) is 18.9. The standard InChI is InChI=1S/C27H39N3O4.C20H34N2O2/c1-3-19(2)25(31)28-24(21-12-8-5-9-13-21)26(32)29-16-14-23-22(29)15-17-30(23)27(33)34-18-20-10-6-4-7-11-20;1-3-14(2)19(23)21-18(16-8-5-4-6-9-16)20(24)22-13-12-15-10-7-11-17(15)22/h4,6-7,10-11,19,21-24H,3,5,8-9,12-18H2,1-2H3,(H,28,31);14-18H,3-13H2,1-2H3,(H,21,23)/t19-,22-,23-,24+;14-,15-,17-,18+/m11/s1. The summed E-state index contributed by atoms with van der Waals surface area (Å²) in [4.78, 5) is 71.1. The first-order valence-electron chi connectivity index (χ1n) is 23.3. The van der Waals surface area contributed by atoms with E-state index in [0.29, 0.717) is 31.0 Å². The maximum absolute atomic E-state index is 13.8. The Kier molecular flexibility index (Phi) is 16.0. The number of benzene rings is 1. The zero-order chi connectivity index (χ0) is 41.2. The second-order valence-corrected chi connectivity index (χ2v) is 18.4. The lowest BCUT2D eigenvalue weighted by molar-refractivity contribution is -0.140. The summed E-state index contributed by atoms with van der Waals surface area (Å²) in [6, 6.07) is 9.37. The van der Waals surface area contributed by atoms with Crippen LogP contribution in [0.1, 0.15) is 149 Å². The van der Waals surface area contributed by atoms with Crippen molar-refractivity contribution in [3.63, 3.8) is 0 Å². The van der Waals surface area contributed by atoms with Gasteiger partial charge in [0, 0.05) is 37.5 Å². The number of rotatable bonds is 12. The molecule has 3 aliphatic carbocycles. The minimum atomic E-state index is -0.459. The predicted molar refractivity (Wildman–Crippen MR) is 225 cm³/mol. The Labute approximate surface area is 348 Å². The Hall–Kier alpha value is -3.63. The molecule has 0 spiro atoms. The molecule has 0 radical (unpaired) electrons. The van der Waals surface area contributed by atoms with Crippen molar-refractivity contribution in [2.24, 2.45) is 29.6 Å². The predicted octanol–water partition coefficient (Wildman–Crippen LogP) is 7.61. The van der Waals surface area contributed by atoms with Crippen LogP contribution in [0, 0.1) is 29.6 Å². The van der Waals surface area contributed by atoms with Crippen LogP contribution in [0.4, 0.5) is 4.79 Å². The van der Waals surface area contributed by atoms with E-state index in [0.717, 1.165) is 89.2 Å². The van der Waals surface area contributed by atoms with E-state index in [2.05, 4.69) is 15.5 Å². The third-order valence-electron chi connectivity index (χ3n) is 14.8. The zero-order valence-electron chi connectivity index (χ0n) is 36.0. The first kappa shape index (κ1) is 43.9. The molecular formula is C47H73N5O6. The molecule has 3 aliphatic heterocycles. The van der Waals surface area contributed by atoms with E-state index in [1.165, 1.54) is 38.5 Å². The van der Waals surface area contributed by atoms with E-state index in [-0.39, 0.29) is 72.2 Å². The number of carbonyl (C=O) groups is 5. The molecule has 0 bridgehead atoms.